The molecule has 1 aromatic carbocycles. The molecule has 0 saturated carbocycles. The molecule has 0 fully saturated rings. The molecule has 0 bridgehead atoms. The van der Waals surface area contributed by atoms with E-state index in [4.69, 9.17) is 5.73 Å². The first-order valence-corrected chi connectivity index (χ1v) is 5.69. The standard InChI is InChI=1S/C13H14F3N3/c1-7-12(8(2)19(3)18-7)10-5-4-9(6-11(10)17)13(14,15)16/h4-6H,17H2,1-3H3. The highest BCUT2D eigenvalue weighted by atomic mass is 19.4. The summed E-state index contributed by atoms with van der Waals surface area (Å²) in [4.78, 5) is 0. The van der Waals surface area contributed by atoms with Gasteiger partial charge in [0.25, 0.3) is 0 Å². The lowest BCUT2D eigenvalue weighted by atomic mass is 10.00. The van der Waals surface area contributed by atoms with E-state index < -0.39 is 11.7 Å². The second-order valence-corrected chi connectivity index (χ2v) is 4.47. The summed E-state index contributed by atoms with van der Waals surface area (Å²) in [5.74, 6) is 0. The van der Waals surface area contributed by atoms with Crippen LogP contribution in [0.4, 0.5) is 18.9 Å². The lowest BCUT2D eigenvalue weighted by Crippen LogP contribution is -2.06. The molecule has 0 aliphatic carbocycles. The number of halogens is 3. The van der Waals surface area contributed by atoms with E-state index in [0.29, 0.717) is 5.56 Å². The number of benzene rings is 1. The van der Waals surface area contributed by atoms with Crippen LogP contribution in [0.25, 0.3) is 11.1 Å². The Kier molecular flexibility index (Phi) is 3.04. The molecule has 2 aromatic rings. The zero-order valence-electron chi connectivity index (χ0n) is 10.8. The Labute approximate surface area is 108 Å². The summed E-state index contributed by atoms with van der Waals surface area (Å²) in [6.45, 7) is 3.66. The molecular formula is C13H14F3N3. The molecular weight excluding hydrogens is 255 g/mol. The second-order valence-electron chi connectivity index (χ2n) is 4.47. The van der Waals surface area contributed by atoms with E-state index in [1.807, 2.05) is 6.92 Å². The quantitative estimate of drug-likeness (QED) is 0.807. The van der Waals surface area contributed by atoms with Crippen molar-refractivity contribution >= 4 is 5.69 Å². The molecule has 102 valence electrons. The Morgan fingerprint density at radius 2 is 1.84 bits per heavy atom. The first-order chi connectivity index (χ1) is 8.71. The van der Waals surface area contributed by atoms with Gasteiger partial charge < -0.3 is 5.73 Å². The highest BCUT2D eigenvalue weighted by Gasteiger charge is 2.31. The molecule has 0 aliphatic rings. The Morgan fingerprint density at radius 3 is 2.26 bits per heavy atom. The van der Waals surface area contributed by atoms with Gasteiger partial charge in [-0.3, -0.25) is 4.68 Å². The maximum absolute atomic E-state index is 12.6. The number of nitrogens with zero attached hydrogens (tertiary/aromatic N) is 2. The summed E-state index contributed by atoms with van der Waals surface area (Å²) in [5.41, 5.74) is 8.10. The zero-order valence-corrected chi connectivity index (χ0v) is 10.8. The number of aryl methyl sites for hydroxylation is 2. The van der Waals surface area contributed by atoms with Gasteiger partial charge in [0, 0.05) is 29.6 Å². The van der Waals surface area contributed by atoms with Crippen molar-refractivity contribution in [1.82, 2.24) is 9.78 Å². The first kappa shape index (κ1) is 13.5. The van der Waals surface area contributed by atoms with Gasteiger partial charge in [0.1, 0.15) is 0 Å². The smallest absolute Gasteiger partial charge is 0.398 e. The van der Waals surface area contributed by atoms with Crippen LogP contribution in [-0.4, -0.2) is 9.78 Å². The van der Waals surface area contributed by atoms with E-state index in [0.717, 1.165) is 29.1 Å². The van der Waals surface area contributed by atoms with Crippen molar-refractivity contribution in [2.45, 2.75) is 20.0 Å². The molecule has 2 N–H and O–H groups in total. The van der Waals surface area contributed by atoms with Crippen molar-refractivity contribution in [1.29, 1.82) is 0 Å². The summed E-state index contributed by atoms with van der Waals surface area (Å²) in [6.07, 6.45) is -4.38. The van der Waals surface area contributed by atoms with Crippen LogP contribution in [0.1, 0.15) is 17.0 Å². The fourth-order valence-electron chi connectivity index (χ4n) is 2.13. The van der Waals surface area contributed by atoms with Gasteiger partial charge in [0.2, 0.25) is 0 Å². The van der Waals surface area contributed by atoms with Crippen LogP contribution >= 0.6 is 0 Å². The van der Waals surface area contributed by atoms with Gasteiger partial charge in [-0.05, 0) is 26.0 Å². The monoisotopic (exact) mass is 269 g/mol. The molecule has 0 radical (unpaired) electrons. The number of nitrogens with two attached hydrogens (primary N) is 1. The number of alkyl halides is 3. The van der Waals surface area contributed by atoms with Crippen LogP contribution < -0.4 is 5.73 Å². The zero-order chi connectivity index (χ0) is 14.4. The number of aromatic nitrogens is 2. The molecule has 0 atom stereocenters. The molecule has 0 saturated heterocycles. The average Bonchev–Trinajstić information content (AvgIpc) is 2.53. The third-order valence-corrected chi connectivity index (χ3v) is 3.16. The third-order valence-electron chi connectivity index (χ3n) is 3.16. The Balaban J connectivity index is 2.59. The molecule has 1 heterocycles. The maximum Gasteiger partial charge on any atom is 0.416 e. The van der Waals surface area contributed by atoms with E-state index in [1.165, 1.54) is 6.07 Å². The molecule has 19 heavy (non-hydrogen) atoms. The number of nitrogen functional groups attached to an aromatic ring is 1. The third kappa shape index (κ3) is 2.30. The molecule has 0 spiro atoms. The number of anilines is 1. The normalized spacial score (nSPS) is 11.9. The average molecular weight is 269 g/mol. The topological polar surface area (TPSA) is 43.8 Å². The van der Waals surface area contributed by atoms with Gasteiger partial charge in [-0.15, -0.1) is 0 Å². The van der Waals surface area contributed by atoms with Crippen LogP contribution in [0.2, 0.25) is 0 Å². The highest BCUT2D eigenvalue weighted by Crippen LogP contribution is 2.36. The molecule has 0 amide bonds. The summed E-state index contributed by atoms with van der Waals surface area (Å²) in [7, 11) is 1.78. The first-order valence-electron chi connectivity index (χ1n) is 5.69. The summed E-state index contributed by atoms with van der Waals surface area (Å²) in [5, 5.41) is 4.24. The predicted molar refractivity (Wildman–Crippen MR) is 67.5 cm³/mol. The van der Waals surface area contributed by atoms with E-state index in [-0.39, 0.29) is 5.69 Å². The highest BCUT2D eigenvalue weighted by molar-refractivity contribution is 5.79. The van der Waals surface area contributed by atoms with E-state index in [2.05, 4.69) is 5.10 Å². The van der Waals surface area contributed by atoms with Gasteiger partial charge in [-0.1, -0.05) is 6.07 Å². The van der Waals surface area contributed by atoms with E-state index in [1.54, 1.807) is 18.7 Å². The van der Waals surface area contributed by atoms with Gasteiger partial charge in [-0.2, -0.15) is 18.3 Å². The minimum Gasteiger partial charge on any atom is -0.398 e. The Bertz CT molecular complexity index is 627. The minimum atomic E-state index is -4.38. The maximum atomic E-state index is 12.6. The fraction of sp³-hybridized carbons (Fsp3) is 0.308. The van der Waals surface area contributed by atoms with E-state index in [9.17, 15) is 13.2 Å². The lowest BCUT2D eigenvalue weighted by Gasteiger charge is -2.11. The van der Waals surface area contributed by atoms with Gasteiger partial charge in [-0.25, -0.2) is 0 Å². The van der Waals surface area contributed by atoms with Crippen LogP contribution in [0, 0.1) is 13.8 Å². The van der Waals surface area contributed by atoms with Crippen LogP contribution in [0.3, 0.4) is 0 Å². The molecule has 2 rings (SSSR count). The molecule has 0 unspecified atom stereocenters. The van der Waals surface area contributed by atoms with Crippen molar-refractivity contribution in [3.8, 4) is 11.1 Å². The van der Waals surface area contributed by atoms with Crippen molar-refractivity contribution in [2.75, 3.05) is 5.73 Å². The van der Waals surface area contributed by atoms with Crippen molar-refractivity contribution < 1.29 is 13.2 Å². The van der Waals surface area contributed by atoms with Crippen LogP contribution in [0.15, 0.2) is 18.2 Å². The molecule has 3 nitrogen and oxygen atoms in total. The summed E-state index contributed by atoms with van der Waals surface area (Å²) >= 11 is 0. The van der Waals surface area contributed by atoms with Gasteiger partial charge in [0.15, 0.2) is 0 Å². The summed E-state index contributed by atoms with van der Waals surface area (Å²) < 4.78 is 39.5. The number of hydrogen-bond donors (Lipinski definition) is 1. The predicted octanol–water partition coefficient (Wildman–Crippen LogP) is 3.30. The number of rotatable bonds is 1. The fourth-order valence-corrected chi connectivity index (χ4v) is 2.13. The Hall–Kier alpha value is -1.98. The van der Waals surface area contributed by atoms with Crippen LogP contribution in [-0.2, 0) is 13.2 Å². The Morgan fingerprint density at radius 1 is 1.21 bits per heavy atom. The molecule has 0 aliphatic heterocycles. The van der Waals surface area contributed by atoms with Crippen molar-refractivity contribution in [3.63, 3.8) is 0 Å². The van der Waals surface area contributed by atoms with Gasteiger partial charge in [0.05, 0.1) is 11.3 Å². The van der Waals surface area contributed by atoms with Crippen molar-refractivity contribution in [3.05, 3.63) is 35.2 Å². The van der Waals surface area contributed by atoms with Gasteiger partial charge >= 0.3 is 6.18 Å². The molecule has 1 aromatic heterocycles. The van der Waals surface area contributed by atoms with Crippen molar-refractivity contribution in [2.24, 2.45) is 7.05 Å². The SMILES string of the molecule is Cc1nn(C)c(C)c1-c1ccc(C(F)(F)F)cc1N. The van der Waals surface area contributed by atoms with Crippen LogP contribution in [0.5, 0.6) is 0 Å². The second kappa shape index (κ2) is 4.29. The minimum absolute atomic E-state index is 0.106. The van der Waals surface area contributed by atoms with E-state index >= 15 is 0 Å². The largest absolute Gasteiger partial charge is 0.416 e. The summed E-state index contributed by atoms with van der Waals surface area (Å²) in [6, 6.07) is 3.40. The lowest BCUT2D eigenvalue weighted by molar-refractivity contribution is -0.137. The number of hydrogen-bond acceptors (Lipinski definition) is 2. The molecule has 6 heteroatoms.